The fourth-order valence-electron chi connectivity index (χ4n) is 4.36. The van der Waals surface area contributed by atoms with Crippen molar-refractivity contribution >= 4 is 40.0 Å². The van der Waals surface area contributed by atoms with Gasteiger partial charge in [0.05, 0.1) is 26.2 Å². The smallest absolute Gasteiger partial charge is 0.264 e. The summed E-state index contributed by atoms with van der Waals surface area (Å²) >= 11 is 3.22. The number of hydrogen-bond donors (Lipinski definition) is 1. The van der Waals surface area contributed by atoms with Gasteiger partial charge in [-0.2, -0.15) is 0 Å². The van der Waals surface area contributed by atoms with Crippen molar-refractivity contribution in [2.24, 2.45) is 11.7 Å². The van der Waals surface area contributed by atoms with Crippen molar-refractivity contribution in [3.05, 3.63) is 83.0 Å². The third-order valence-electron chi connectivity index (χ3n) is 5.96. The second-order valence-corrected chi connectivity index (χ2v) is 10.9. The molecular formula is C27H32N4OS2. The first kappa shape index (κ1) is 24.5. The van der Waals surface area contributed by atoms with Crippen LogP contribution >= 0.6 is 23.1 Å². The first-order valence-electron chi connectivity index (χ1n) is 11.7. The maximum atomic E-state index is 13.8. The molecule has 7 heteroatoms. The number of nitrogens with zero attached hydrogens (tertiary/aromatic N) is 3. The van der Waals surface area contributed by atoms with Crippen molar-refractivity contribution in [3.8, 4) is 0 Å². The zero-order valence-electron chi connectivity index (χ0n) is 20.0. The van der Waals surface area contributed by atoms with Crippen LogP contribution in [0.2, 0.25) is 0 Å². The number of thiophene rings is 1. The van der Waals surface area contributed by atoms with Crippen LogP contribution in [0.4, 0.5) is 0 Å². The first-order chi connectivity index (χ1) is 16.5. The van der Waals surface area contributed by atoms with Gasteiger partial charge in [0, 0.05) is 13.1 Å². The molecular weight excluding hydrogens is 460 g/mol. The zero-order chi connectivity index (χ0) is 24.1. The minimum atomic E-state index is -0.171. The van der Waals surface area contributed by atoms with Gasteiger partial charge in [0.2, 0.25) is 0 Å². The molecule has 34 heavy (non-hydrogen) atoms. The van der Waals surface area contributed by atoms with Crippen molar-refractivity contribution in [3.63, 3.8) is 0 Å². The van der Waals surface area contributed by atoms with Crippen LogP contribution in [0.1, 0.15) is 47.4 Å². The summed E-state index contributed by atoms with van der Waals surface area (Å²) in [5, 5.41) is 0. The number of nitrogens with two attached hydrogens (primary N) is 1. The Balaban J connectivity index is 1.82. The number of carbonyl (C=O) groups excluding carboxylic acids is 1. The Morgan fingerprint density at radius 2 is 1.82 bits per heavy atom. The van der Waals surface area contributed by atoms with Crippen LogP contribution in [-0.2, 0) is 6.54 Å². The summed E-state index contributed by atoms with van der Waals surface area (Å²) in [5.41, 5.74) is 9.13. The van der Waals surface area contributed by atoms with Gasteiger partial charge in [-0.25, -0.2) is 4.98 Å². The molecule has 0 spiro atoms. The summed E-state index contributed by atoms with van der Waals surface area (Å²) < 4.78 is 3.42. The van der Waals surface area contributed by atoms with Crippen LogP contribution in [0.3, 0.4) is 0 Å². The summed E-state index contributed by atoms with van der Waals surface area (Å²) in [6.07, 6.45) is 2.78. The summed E-state index contributed by atoms with van der Waals surface area (Å²) in [5.74, 6) is 1.15. The Labute approximate surface area is 210 Å². The van der Waals surface area contributed by atoms with E-state index in [1.807, 2.05) is 47.6 Å². The van der Waals surface area contributed by atoms with E-state index in [2.05, 4.69) is 48.7 Å². The number of carbonyl (C=O) groups is 1. The van der Waals surface area contributed by atoms with E-state index < -0.39 is 0 Å². The second-order valence-electron chi connectivity index (χ2n) is 8.68. The molecule has 4 rings (SSSR count). The van der Waals surface area contributed by atoms with Crippen molar-refractivity contribution in [2.75, 3.05) is 19.3 Å². The van der Waals surface area contributed by atoms with E-state index in [9.17, 15) is 4.79 Å². The Morgan fingerprint density at radius 1 is 1.09 bits per heavy atom. The highest BCUT2D eigenvalue weighted by atomic mass is 32.2. The minimum Gasteiger partial charge on any atom is -0.330 e. The fraction of sp³-hybridized carbons (Fsp3) is 0.333. The minimum absolute atomic E-state index is 0.0516. The predicted molar refractivity (Wildman–Crippen MR) is 144 cm³/mol. The van der Waals surface area contributed by atoms with Crippen molar-refractivity contribution in [1.29, 1.82) is 0 Å². The van der Waals surface area contributed by atoms with Crippen LogP contribution in [0.5, 0.6) is 0 Å². The molecule has 0 fully saturated rings. The Bertz CT molecular complexity index is 1230. The van der Waals surface area contributed by atoms with E-state index in [1.165, 1.54) is 5.56 Å². The number of thioether (sulfide) groups is 1. The van der Waals surface area contributed by atoms with Crippen molar-refractivity contribution in [2.45, 2.75) is 37.1 Å². The molecule has 2 N–H and O–H groups in total. The molecule has 1 atom stereocenters. The van der Waals surface area contributed by atoms with Crippen LogP contribution in [0.15, 0.2) is 70.9 Å². The van der Waals surface area contributed by atoms with Gasteiger partial charge < -0.3 is 15.2 Å². The van der Waals surface area contributed by atoms with E-state index in [-0.39, 0.29) is 17.9 Å². The van der Waals surface area contributed by atoms with Crippen LogP contribution < -0.4 is 5.73 Å². The quantitative estimate of drug-likeness (QED) is 0.274. The summed E-state index contributed by atoms with van der Waals surface area (Å²) in [7, 11) is 0. The average Bonchev–Trinajstić information content (AvgIpc) is 3.47. The fourth-order valence-corrected chi connectivity index (χ4v) is 5.86. The van der Waals surface area contributed by atoms with Gasteiger partial charge in [-0.05, 0) is 55.0 Å². The largest absolute Gasteiger partial charge is 0.330 e. The van der Waals surface area contributed by atoms with Crippen LogP contribution in [-0.4, -0.2) is 39.7 Å². The van der Waals surface area contributed by atoms with Gasteiger partial charge in [-0.15, -0.1) is 23.1 Å². The monoisotopic (exact) mass is 492 g/mol. The molecule has 0 aliphatic rings. The molecule has 5 nitrogen and oxygen atoms in total. The molecule has 0 aliphatic carbocycles. The number of para-hydroxylation sites is 2. The number of hydrogen-bond acceptors (Lipinski definition) is 5. The molecule has 0 saturated carbocycles. The summed E-state index contributed by atoms with van der Waals surface area (Å²) in [6.45, 7) is 6.17. The Kier molecular flexibility index (Phi) is 8.08. The molecule has 0 bridgehead atoms. The average molecular weight is 493 g/mol. The molecule has 4 aromatic rings. The topological polar surface area (TPSA) is 64.2 Å². The first-order valence-corrected chi connectivity index (χ1v) is 13.7. The lowest BCUT2D eigenvalue weighted by atomic mass is 10.0. The molecule has 2 heterocycles. The lowest BCUT2D eigenvalue weighted by Gasteiger charge is -2.34. The molecule has 0 aliphatic heterocycles. The normalized spacial score (nSPS) is 12.4. The lowest BCUT2D eigenvalue weighted by Crippen LogP contribution is -2.40. The van der Waals surface area contributed by atoms with E-state index >= 15 is 0 Å². The molecule has 0 saturated heterocycles. The van der Waals surface area contributed by atoms with Crippen molar-refractivity contribution in [1.82, 2.24) is 14.5 Å². The number of benzene rings is 2. The number of rotatable bonds is 10. The highest BCUT2D eigenvalue weighted by Gasteiger charge is 2.33. The second kappa shape index (κ2) is 11.2. The summed E-state index contributed by atoms with van der Waals surface area (Å²) in [6, 6.07) is 22.4. The molecule has 178 valence electrons. The van der Waals surface area contributed by atoms with Gasteiger partial charge in [-0.3, -0.25) is 4.79 Å². The third-order valence-corrected chi connectivity index (χ3v) is 8.11. The highest BCUT2D eigenvalue weighted by molar-refractivity contribution is 8.00. The van der Waals surface area contributed by atoms with E-state index in [0.717, 1.165) is 32.4 Å². The molecule has 0 unspecified atom stereocenters. The Morgan fingerprint density at radius 3 is 2.50 bits per heavy atom. The molecule has 2 aromatic heterocycles. The van der Waals surface area contributed by atoms with E-state index in [4.69, 9.17) is 10.7 Å². The number of fused-ring (bicyclic) bond motifs is 1. The zero-order valence-corrected chi connectivity index (χ0v) is 21.6. The van der Waals surface area contributed by atoms with Gasteiger partial charge in [-0.1, -0.05) is 56.3 Å². The third kappa shape index (κ3) is 5.22. The maximum Gasteiger partial charge on any atom is 0.264 e. The molecule has 0 radical (unpaired) electrons. The SMILES string of the molecule is CSc1ccc(C(=O)N(CCCN)[C@@H](c2nc3ccccc3n2Cc2ccccc2)C(C)C)s1. The Hall–Kier alpha value is -2.61. The molecule has 2 aromatic carbocycles. The van der Waals surface area contributed by atoms with Gasteiger partial charge in [0.1, 0.15) is 5.82 Å². The van der Waals surface area contributed by atoms with Gasteiger partial charge in [0.25, 0.3) is 5.91 Å². The van der Waals surface area contributed by atoms with Crippen molar-refractivity contribution < 1.29 is 4.79 Å². The number of aromatic nitrogens is 2. The number of amides is 1. The lowest BCUT2D eigenvalue weighted by molar-refractivity contribution is 0.0610. The number of imidazole rings is 1. The maximum absolute atomic E-state index is 13.8. The predicted octanol–water partition coefficient (Wildman–Crippen LogP) is 6.06. The van der Waals surface area contributed by atoms with Gasteiger partial charge >= 0.3 is 0 Å². The van der Waals surface area contributed by atoms with Crippen LogP contribution in [0.25, 0.3) is 11.0 Å². The van der Waals surface area contributed by atoms with Crippen LogP contribution in [0, 0.1) is 5.92 Å². The standard InChI is InChI=1S/C27H32N4OS2/c1-19(2)25(30(17-9-16-28)27(32)23-14-15-24(33-3)34-23)26-29-21-12-7-8-13-22(21)31(26)18-20-10-5-4-6-11-20/h4-8,10-15,19,25H,9,16-18,28H2,1-3H3/t25-/m1/s1. The van der Waals surface area contributed by atoms with Gasteiger partial charge in [0.15, 0.2) is 0 Å². The molecule has 1 amide bonds. The van der Waals surface area contributed by atoms with E-state index in [1.54, 1.807) is 23.1 Å². The highest BCUT2D eigenvalue weighted by Crippen LogP contribution is 2.34. The van der Waals surface area contributed by atoms with E-state index in [0.29, 0.717) is 19.6 Å². The summed E-state index contributed by atoms with van der Waals surface area (Å²) in [4.78, 5) is 21.7.